The predicted molar refractivity (Wildman–Crippen MR) is 99.9 cm³/mol. The molecule has 3 rings (SSSR count). The van der Waals surface area contributed by atoms with Crippen LogP contribution >= 0.6 is 0 Å². The molecule has 136 valence electrons. The van der Waals surface area contributed by atoms with E-state index in [0.29, 0.717) is 26.2 Å². The number of nitrogens with one attached hydrogen (secondary N) is 1. The van der Waals surface area contributed by atoms with Crippen LogP contribution in [0.5, 0.6) is 5.75 Å². The van der Waals surface area contributed by atoms with E-state index in [0.717, 1.165) is 11.3 Å². The van der Waals surface area contributed by atoms with Gasteiger partial charge >= 0.3 is 0 Å². The van der Waals surface area contributed by atoms with Crippen molar-refractivity contribution in [1.82, 2.24) is 10.2 Å². The highest BCUT2D eigenvalue weighted by Crippen LogP contribution is 2.22. The maximum Gasteiger partial charge on any atom is 0.249 e. The van der Waals surface area contributed by atoms with E-state index >= 15 is 0 Å². The average molecular weight is 353 g/mol. The van der Waals surface area contributed by atoms with E-state index in [-0.39, 0.29) is 17.6 Å². The van der Waals surface area contributed by atoms with Crippen LogP contribution in [0.1, 0.15) is 18.5 Å². The summed E-state index contributed by atoms with van der Waals surface area (Å²) in [6.07, 6.45) is 0. The van der Waals surface area contributed by atoms with E-state index in [1.165, 1.54) is 6.92 Å². The summed E-state index contributed by atoms with van der Waals surface area (Å²) in [5.74, 6) is -0.0738. The lowest BCUT2D eigenvalue weighted by Crippen LogP contribution is -2.52. The Morgan fingerprint density at radius 2 is 1.58 bits per heavy atom. The normalized spacial score (nSPS) is 15.4. The molecule has 1 aliphatic rings. The van der Waals surface area contributed by atoms with Crippen LogP contribution < -0.4 is 10.2 Å². The number of aromatic hydroxyl groups is 1. The fourth-order valence-corrected chi connectivity index (χ4v) is 3.17. The monoisotopic (exact) mass is 353 g/mol. The first-order valence-electron chi connectivity index (χ1n) is 8.69. The summed E-state index contributed by atoms with van der Waals surface area (Å²) < 4.78 is 0. The van der Waals surface area contributed by atoms with Gasteiger partial charge in [-0.1, -0.05) is 30.3 Å². The largest absolute Gasteiger partial charge is 0.508 e. The van der Waals surface area contributed by atoms with Gasteiger partial charge in [0.2, 0.25) is 11.8 Å². The first-order chi connectivity index (χ1) is 12.5. The summed E-state index contributed by atoms with van der Waals surface area (Å²) in [6, 6.07) is 15.7. The number of hydrogen-bond acceptors (Lipinski definition) is 4. The Morgan fingerprint density at radius 3 is 2.15 bits per heavy atom. The topological polar surface area (TPSA) is 72.9 Å². The Labute approximate surface area is 153 Å². The summed E-state index contributed by atoms with van der Waals surface area (Å²) in [6.45, 7) is 4.01. The summed E-state index contributed by atoms with van der Waals surface area (Å²) in [5, 5.41) is 12.2. The van der Waals surface area contributed by atoms with Gasteiger partial charge in [-0.2, -0.15) is 0 Å². The number of carbonyl (C=O) groups is 2. The molecule has 6 nitrogen and oxygen atoms in total. The Bertz CT molecular complexity index is 754. The quantitative estimate of drug-likeness (QED) is 0.881. The zero-order valence-electron chi connectivity index (χ0n) is 14.8. The van der Waals surface area contributed by atoms with Crippen molar-refractivity contribution in [2.45, 2.75) is 13.0 Å². The fourth-order valence-electron chi connectivity index (χ4n) is 3.17. The Morgan fingerprint density at radius 1 is 0.962 bits per heavy atom. The van der Waals surface area contributed by atoms with Gasteiger partial charge in [-0.15, -0.1) is 0 Å². The lowest BCUT2D eigenvalue weighted by Gasteiger charge is -2.37. The first-order valence-corrected chi connectivity index (χ1v) is 8.69. The second-order valence-electron chi connectivity index (χ2n) is 6.37. The maximum absolute atomic E-state index is 13.0. The molecule has 1 heterocycles. The summed E-state index contributed by atoms with van der Waals surface area (Å²) in [7, 11) is 0. The highest BCUT2D eigenvalue weighted by atomic mass is 16.3. The van der Waals surface area contributed by atoms with Crippen LogP contribution in [0.15, 0.2) is 54.6 Å². The molecule has 6 heteroatoms. The number of piperazine rings is 1. The molecule has 0 spiro atoms. The molecule has 0 aromatic heterocycles. The molecule has 1 saturated heterocycles. The number of phenols is 1. The highest BCUT2D eigenvalue weighted by molar-refractivity contribution is 5.88. The van der Waals surface area contributed by atoms with Crippen LogP contribution in [-0.4, -0.2) is 48.0 Å². The lowest BCUT2D eigenvalue weighted by molar-refractivity contribution is -0.136. The van der Waals surface area contributed by atoms with E-state index in [1.54, 1.807) is 17.0 Å². The van der Waals surface area contributed by atoms with Crippen molar-refractivity contribution >= 4 is 17.5 Å². The van der Waals surface area contributed by atoms with Crippen molar-refractivity contribution in [2.75, 3.05) is 31.1 Å². The van der Waals surface area contributed by atoms with Gasteiger partial charge in [-0.05, 0) is 29.8 Å². The minimum Gasteiger partial charge on any atom is -0.508 e. The third-order valence-electron chi connectivity index (χ3n) is 4.53. The molecule has 1 fully saturated rings. The second-order valence-corrected chi connectivity index (χ2v) is 6.37. The van der Waals surface area contributed by atoms with Crippen molar-refractivity contribution in [1.29, 1.82) is 0 Å². The number of phenolic OH excluding ortho intramolecular Hbond substituents is 1. The number of amides is 2. The standard InChI is InChI=1S/C20H23N3O3/c1-15(24)21-19(16-5-3-2-4-6-16)20(26)23-13-11-22(12-14-23)17-7-9-18(25)10-8-17/h2-10,19,25H,11-14H2,1H3,(H,21,24). The van der Waals surface area contributed by atoms with Crippen LogP contribution in [0.3, 0.4) is 0 Å². The lowest BCUT2D eigenvalue weighted by atomic mass is 10.0. The molecular formula is C20H23N3O3. The van der Waals surface area contributed by atoms with Gasteiger partial charge in [-0.25, -0.2) is 0 Å². The fraction of sp³-hybridized carbons (Fsp3) is 0.300. The molecule has 1 aliphatic heterocycles. The van der Waals surface area contributed by atoms with E-state index in [1.807, 2.05) is 42.5 Å². The molecule has 1 atom stereocenters. The molecule has 0 radical (unpaired) electrons. The van der Waals surface area contributed by atoms with Crippen LogP contribution in [0, 0.1) is 0 Å². The van der Waals surface area contributed by atoms with Gasteiger partial charge in [0.05, 0.1) is 0 Å². The van der Waals surface area contributed by atoms with Crippen LogP contribution in [0.4, 0.5) is 5.69 Å². The molecule has 0 aliphatic carbocycles. The number of carbonyl (C=O) groups excluding carboxylic acids is 2. The van der Waals surface area contributed by atoms with E-state index < -0.39 is 6.04 Å². The molecule has 26 heavy (non-hydrogen) atoms. The predicted octanol–water partition coefficient (Wildman–Crippen LogP) is 1.92. The highest BCUT2D eigenvalue weighted by Gasteiger charge is 2.29. The van der Waals surface area contributed by atoms with Crippen molar-refractivity contribution in [3.05, 3.63) is 60.2 Å². The minimum absolute atomic E-state index is 0.0863. The van der Waals surface area contributed by atoms with Gasteiger partial charge in [0.15, 0.2) is 0 Å². The minimum atomic E-state index is -0.658. The Hall–Kier alpha value is -3.02. The third kappa shape index (κ3) is 4.14. The van der Waals surface area contributed by atoms with Crippen molar-refractivity contribution in [3.63, 3.8) is 0 Å². The summed E-state index contributed by atoms with van der Waals surface area (Å²) in [4.78, 5) is 28.5. The van der Waals surface area contributed by atoms with Crippen LogP contribution in [0.25, 0.3) is 0 Å². The van der Waals surface area contributed by atoms with Crippen LogP contribution in [0.2, 0.25) is 0 Å². The molecule has 2 aromatic carbocycles. The van der Waals surface area contributed by atoms with Crippen LogP contribution in [-0.2, 0) is 9.59 Å². The molecular weight excluding hydrogens is 330 g/mol. The third-order valence-corrected chi connectivity index (χ3v) is 4.53. The van der Waals surface area contributed by atoms with Crippen molar-refractivity contribution in [2.24, 2.45) is 0 Å². The number of anilines is 1. The molecule has 0 bridgehead atoms. The number of rotatable bonds is 4. The Kier molecular flexibility index (Phi) is 5.41. The second kappa shape index (κ2) is 7.91. The van der Waals surface area contributed by atoms with Gasteiger partial charge in [0, 0.05) is 38.8 Å². The number of nitrogens with zero attached hydrogens (tertiary/aromatic N) is 2. The zero-order valence-corrected chi connectivity index (χ0v) is 14.8. The summed E-state index contributed by atoms with van der Waals surface area (Å²) in [5.41, 5.74) is 1.81. The molecule has 2 aromatic rings. The van der Waals surface area contributed by atoms with E-state index in [9.17, 15) is 14.7 Å². The number of benzene rings is 2. The number of hydrogen-bond donors (Lipinski definition) is 2. The SMILES string of the molecule is CC(=O)NC(C(=O)N1CCN(c2ccc(O)cc2)CC1)c1ccccc1. The van der Waals surface area contributed by atoms with Crippen molar-refractivity contribution in [3.8, 4) is 5.75 Å². The molecule has 1 unspecified atom stereocenters. The smallest absolute Gasteiger partial charge is 0.249 e. The van der Waals surface area contributed by atoms with Gasteiger partial charge in [0.1, 0.15) is 11.8 Å². The van der Waals surface area contributed by atoms with Gasteiger partial charge in [-0.3, -0.25) is 9.59 Å². The summed E-state index contributed by atoms with van der Waals surface area (Å²) >= 11 is 0. The van der Waals surface area contributed by atoms with Gasteiger partial charge in [0.25, 0.3) is 0 Å². The average Bonchev–Trinajstić information content (AvgIpc) is 2.67. The molecule has 2 amide bonds. The zero-order chi connectivity index (χ0) is 18.5. The molecule has 2 N–H and O–H groups in total. The van der Waals surface area contributed by atoms with E-state index in [2.05, 4.69) is 10.2 Å². The van der Waals surface area contributed by atoms with E-state index in [4.69, 9.17) is 0 Å². The maximum atomic E-state index is 13.0. The Balaban J connectivity index is 1.67. The van der Waals surface area contributed by atoms with Crippen molar-refractivity contribution < 1.29 is 14.7 Å². The van der Waals surface area contributed by atoms with Gasteiger partial charge < -0.3 is 20.2 Å². The first kappa shape index (κ1) is 17.8. The molecule has 0 saturated carbocycles.